The molecule has 28 heavy (non-hydrogen) atoms. The highest BCUT2D eigenvalue weighted by molar-refractivity contribution is 5.91. The van der Waals surface area contributed by atoms with Gasteiger partial charge >= 0.3 is 0 Å². The Balaban J connectivity index is 1.92. The largest absolute Gasteiger partial charge is 0.504 e. The molecule has 0 aliphatic rings. The first-order valence-electron chi connectivity index (χ1n) is 8.03. The average Bonchev–Trinajstić information content (AvgIpc) is 2.70. The van der Waals surface area contributed by atoms with Crippen molar-refractivity contribution < 1.29 is 30.6 Å². The lowest BCUT2D eigenvalue weighted by atomic mass is 10.2. The first kappa shape index (κ1) is 18.6. The van der Waals surface area contributed by atoms with Gasteiger partial charge in [-0.3, -0.25) is 9.98 Å². The minimum Gasteiger partial charge on any atom is -0.504 e. The molecule has 0 heterocycles. The van der Waals surface area contributed by atoms with Crippen molar-refractivity contribution in [2.24, 2.45) is 9.98 Å². The second kappa shape index (κ2) is 7.58. The number of aromatic hydroxyl groups is 6. The molecular weight excluding hydrogens is 364 g/mol. The van der Waals surface area contributed by atoms with Crippen LogP contribution in [0, 0.1) is 0 Å². The lowest BCUT2D eigenvalue weighted by Gasteiger charge is -2.05. The van der Waals surface area contributed by atoms with Gasteiger partial charge in [0.05, 0.1) is 11.4 Å². The highest BCUT2D eigenvalue weighted by atomic mass is 16.3. The van der Waals surface area contributed by atoms with E-state index >= 15 is 0 Å². The third-order valence-electron chi connectivity index (χ3n) is 3.89. The molecule has 0 aromatic heterocycles. The number of benzene rings is 3. The number of phenols is 6. The van der Waals surface area contributed by atoms with Crippen LogP contribution in [0.3, 0.4) is 0 Å². The van der Waals surface area contributed by atoms with E-state index in [0.717, 1.165) is 0 Å². The minimum absolute atomic E-state index is 0.190. The molecule has 0 amide bonds. The lowest BCUT2D eigenvalue weighted by Crippen LogP contribution is -1.84. The highest BCUT2D eigenvalue weighted by Gasteiger charge is 2.11. The van der Waals surface area contributed by atoms with Gasteiger partial charge in [-0.15, -0.1) is 0 Å². The van der Waals surface area contributed by atoms with Crippen molar-refractivity contribution in [2.45, 2.75) is 0 Å². The van der Waals surface area contributed by atoms with Crippen LogP contribution in [-0.4, -0.2) is 43.1 Å². The van der Waals surface area contributed by atoms with E-state index in [2.05, 4.69) is 9.98 Å². The summed E-state index contributed by atoms with van der Waals surface area (Å²) < 4.78 is 0. The zero-order valence-corrected chi connectivity index (χ0v) is 14.4. The molecular formula is C20H16N2O6. The quantitative estimate of drug-likeness (QED) is 0.302. The zero-order chi connectivity index (χ0) is 20.3. The van der Waals surface area contributed by atoms with E-state index < -0.39 is 34.5 Å². The number of nitrogens with zero attached hydrogens (tertiary/aromatic N) is 2. The van der Waals surface area contributed by atoms with E-state index in [1.54, 1.807) is 24.3 Å². The predicted molar refractivity (Wildman–Crippen MR) is 104 cm³/mol. The molecule has 0 spiro atoms. The van der Waals surface area contributed by atoms with Crippen molar-refractivity contribution in [1.82, 2.24) is 0 Å². The van der Waals surface area contributed by atoms with Crippen molar-refractivity contribution in [3.05, 3.63) is 59.7 Å². The van der Waals surface area contributed by atoms with E-state index in [0.29, 0.717) is 11.4 Å². The molecule has 6 N–H and O–H groups in total. The van der Waals surface area contributed by atoms with Crippen LogP contribution < -0.4 is 0 Å². The second-order valence-electron chi connectivity index (χ2n) is 5.75. The summed E-state index contributed by atoms with van der Waals surface area (Å²) in [6.45, 7) is 0. The molecule has 0 fully saturated rings. The standard InChI is InChI=1S/C20H16N2O6/c23-15-7-5-11(17(25)19(15)27)9-21-13-3-1-2-4-14(13)22-10-12-6-8-16(24)20(28)18(12)26/h1-10,23-28H. The van der Waals surface area contributed by atoms with Crippen molar-refractivity contribution >= 4 is 23.8 Å². The number of rotatable bonds is 4. The Bertz CT molecular complexity index is 1010. The normalized spacial score (nSPS) is 11.4. The van der Waals surface area contributed by atoms with Crippen LogP contribution in [-0.2, 0) is 0 Å². The first-order valence-corrected chi connectivity index (χ1v) is 8.03. The summed E-state index contributed by atoms with van der Waals surface area (Å²) in [6, 6.07) is 12.0. The molecule has 8 nitrogen and oxygen atoms in total. The van der Waals surface area contributed by atoms with Gasteiger partial charge in [0.1, 0.15) is 0 Å². The number of para-hydroxylation sites is 2. The fourth-order valence-corrected chi connectivity index (χ4v) is 2.34. The Morgan fingerprint density at radius 3 is 1.29 bits per heavy atom. The second-order valence-corrected chi connectivity index (χ2v) is 5.75. The molecule has 0 saturated carbocycles. The van der Waals surface area contributed by atoms with Gasteiger partial charge in [-0.25, -0.2) is 0 Å². The van der Waals surface area contributed by atoms with E-state index in [9.17, 15) is 30.6 Å². The molecule has 0 unspecified atom stereocenters. The molecule has 3 aromatic carbocycles. The van der Waals surface area contributed by atoms with E-state index in [1.165, 1.54) is 36.7 Å². The molecule has 3 aromatic rings. The van der Waals surface area contributed by atoms with Gasteiger partial charge in [0.15, 0.2) is 23.0 Å². The third-order valence-corrected chi connectivity index (χ3v) is 3.89. The van der Waals surface area contributed by atoms with Crippen LogP contribution in [0.2, 0.25) is 0 Å². The maximum absolute atomic E-state index is 9.85. The van der Waals surface area contributed by atoms with Gasteiger partial charge < -0.3 is 30.6 Å². The summed E-state index contributed by atoms with van der Waals surface area (Å²) in [5, 5.41) is 57.6. The van der Waals surface area contributed by atoms with Gasteiger partial charge in [-0.2, -0.15) is 0 Å². The highest BCUT2D eigenvalue weighted by Crippen LogP contribution is 2.38. The monoisotopic (exact) mass is 380 g/mol. The van der Waals surface area contributed by atoms with Gasteiger partial charge in [-0.1, -0.05) is 12.1 Å². The van der Waals surface area contributed by atoms with Crippen LogP contribution in [0.25, 0.3) is 0 Å². The van der Waals surface area contributed by atoms with Gasteiger partial charge in [0.2, 0.25) is 11.5 Å². The van der Waals surface area contributed by atoms with Crippen molar-refractivity contribution in [1.29, 1.82) is 0 Å². The molecule has 142 valence electrons. The SMILES string of the molecule is Oc1ccc(C=Nc2ccccc2N=Cc2ccc(O)c(O)c2O)c(O)c1O. The number of phenolic OH excluding ortho intramolecular Hbond substituents is 6. The Morgan fingerprint density at radius 1 is 0.500 bits per heavy atom. The average molecular weight is 380 g/mol. The summed E-state index contributed by atoms with van der Waals surface area (Å²) in [5.74, 6) is -3.19. The maximum Gasteiger partial charge on any atom is 0.200 e. The van der Waals surface area contributed by atoms with Crippen LogP contribution in [0.4, 0.5) is 11.4 Å². The van der Waals surface area contributed by atoms with Crippen LogP contribution in [0.1, 0.15) is 11.1 Å². The smallest absolute Gasteiger partial charge is 0.200 e. The summed E-state index contributed by atoms with van der Waals surface area (Å²) >= 11 is 0. The van der Waals surface area contributed by atoms with E-state index in [-0.39, 0.29) is 11.1 Å². The molecule has 0 radical (unpaired) electrons. The maximum atomic E-state index is 9.85. The minimum atomic E-state index is -0.641. The summed E-state index contributed by atoms with van der Waals surface area (Å²) in [6.07, 6.45) is 2.60. The van der Waals surface area contributed by atoms with Gasteiger partial charge in [-0.05, 0) is 36.4 Å². The number of hydrogen-bond acceptors (Lipinski definition) is 8. The van der Waals surface area contributed by atoms with Crippen LogP contribution in [0.15, 0.2) is 58.5 Å². The van der Waals surface area contributed by atoms with Gasteiger partial charge in [0.25, 0.3) is 0 Å². The topological polar surface area (TPSA) is 146 Å². The Labute approximate surface area is 159 Å². The van der Waals surface area contributed by atoms with E-state index in [1.807, 2.05) is 0 Å². The van der Waals surface area contributed by atoms with Crippen molar-refractivity contribution in [3.63, 3.8) is 0 Å². The fourth-order valence-electron chi connectivity index (χ4n) is 2.34. The summed E-state index contributed by atoms with van der Waals surface area (Å²) in [5.41, 5.74) is 1.23. The van der Waals surface area contributed by atoms with Gasteiger partial charge in [0, 0.05) is 23.6 Å². The lowest BCUT2D eigenvalue weighted by molar-refractivity contribution is 0.367. The first-order chi connectivity index (χ1) is 13.4. The molecule has 0 atom stereocenters. The Hall–Kier alpha value is -4.20. The Kier molecular flexibility index (Phi) is 5.03. The zero-order valence-electron chi connectivity index (χ0n) is 14.4. The molecule has 0 aliphatic carbocycles. The predicted octanol–water partition coefficient (Wildman–Crippen LogP) is 3.42. The van der Waals surface area contributed by atoms with Crippen molar-refractivity contribution in [3.8, 4) is 34.5 Å². The van der Waals surface area contributed by atoms with Crippen molar-refractivity contribution in [2.75, 3.05) is 0 Å². The molecule has 0 aliphatic heterocycles. The van der Waals surface area contributed by atoms with E-state index in [4.69, 9.17) is 0 Å². The number of hydrogen-bond donors (Lipinski definition) is 6. The molecule has 0 bridgehead atoms. The van der Waals surface area contributed by atoms with Crippen LogP contribution in [0.5, 0.6) is 34.5 Å². The summed E-state index contributed by atoms with van der Waals surface area (Å²) in [7, 11) is 0. The summed E-state index contributed by atoms with van der Waals surface area (Å²) in [4.78, 5) is 8.46. The molecule has 0 saturated heterocycles. The number of aliphatic imine (C=N–C) groups is 2. The Morgan fingerprint density at radius 2 is 0.893 bits per heavy atom. The molecule has 8 heteroatoms. The van der Waals surface area contributed by atoms with Crippen LogP contribution >= 0.6 is 0 Å². The fraction of sp³-hybridized carbons (Fsp3) is 0. The third kappa shape index (κ3) is 3.65. The molecule has 3 rings (SSSR count).